The zero-order chi connectivity index (χ0) is 11.1. The lowest BCUT2D eigenvalue weighted by Gasteiger charge is -2.48. The fourth-order valence-corrected chi connectivity index (χ4v) is 3.68. The molecule has 2 unspecified atom stereocenters. The van der Waals surface area contributed by atoms with Gasteiger partial charge in [0.05, 0.1) is 5.92 Å². The Morgan fingerprint density at radius 3 is 2.62 bits per heavy atom. The van der Waals surface area contributed by atoms with E-state index in [1.807, 2.05) is 0 Å². The monoisotopic (exact) mass is 217 g/mol. The normalized spacial score (nSPS) is 37.6. The maximum Gasteiger partial charge on any atom is 0.186 e. The van der Waals surface area contributed by atoms with Gasteiger partial charge in [-0.1, -0.05) is 6.07 Å². The quantitative estimate of drug-likeness (QED) is 0.650. The molecule has 3 fully saturated rings. The summed E-state index contributed by atoms with van der Waals surface area (Å²) in [6.07, 6.45) is 4.97. The van der Waals surface area contributed by atoms with E-state index < -0.39 is 0 Å². The maximum atomic E-state index is 2.66. The van der Waals surface area contributed by atoms with Crippen molar-refractivity contribution < 1.29 is 4.57 Å². The van der Waals surface area contributed by atoms with Gasteiger partial charge in [0.1, 0.15) is 7.05 Å². The molecule has 0 saturated carbocycles. The van der Waals surface area contributed by atoms with E-state index in [1.54, 1.807) is 0 Å². The molecule has 4 heterocycles. The number of aromatic nitrogens is 1. The van der Waals surface area contributed by atoms with Gasteiger partial charge in [-0.05, 0) is 38.8 Å². The van der Waals surface area contributed by atoms with Crippen LogP contribution in [0.2, 0.25) is 0 Å². The van der Waals surface area contributed by atoms with Crippen LogP contribution >= 0.6 is 0 Å². The van der Waals surface area contributed by atoms with E-state index in [9.17, 15) is 0 Å². The molecule has 86 valence electrons. The SMILES string of the molecule is CC1C(c2cccc[n+]2C)C2CCN1CC2. The molecule has 16 heavy (non-hydrogen) atoms. The first-order chi connectivity index (χ1) is 7.77. The van der Waals surface area contributed by atoms with E-state index in [1.165, 1.54) is 31.6 Å². The van der Waals surface area contributed by atoms with E-state index in [2.05, 4.69) is 47.8 Å². The first kappa shape index (κ1) is 10.3. The summed E-state index contributed by atoms with van der Waals surface area (Å²) in [6, 6.07) is 7.33. The summed E-state index contributed by atoms with van der Waals surface area (Å²) in [5, 5.41) is 0. The van der Waals surface area contributed by atoms with Crippen molar-refractivity contribution in [3.63, 3.8) is 0 Å². The lowest BCUT2D eigenvalue weighted by atomic mass is 9.72. The van der Waals surface area contributed by atoms with Gasteiger partial charge in [-0.25, -0.2) is 4.57 Å². The molecule has 2 atom stereocenters. The van der Waals surface area contributed by atoms with Crippen molar-refractivity contribution in [3.8, 4) is 0 Å². The van der Waals surface area contributed by atoms with E-state index >= 15 is 0 Å². The van der Waals surface area contributed by atoms with Crippen LogP contribution in [-0.2, 0) is 7.05 Å². The number of pyridine rings is 1. The van der Waals surface area contributed by atoms with Crippen LogP contribution in [0.15, 0.2) is 24.4 Å². The van der Waals surface area contributed by atoms with Crippen molar-refractivity contribution in [3.05, 3.63) is 30.1 Å². The number of nitrogens with zero attached hydrogens (tertiary/aromatic N) is 2. The second-order valence-electron chi connectivity index (χ2n) is 5.38. The van der Waals surface area contributed by atoms with Crippen molar-refractivity contribution in [1.29, 1.82) is 0 Å². The van der Waals surface area contributed by atoms with Gasteiger partial charge in [-0.3, -0.25) is 4.90 Å². The van der Waals surface area contributed by atoms with Gasteiger partial charge >= 0.3 is 0 Å². The Hall–Kier alpha value is -0.890. The molecule has 3 aliphatic rings. The minimum atomic E-state index is 0.723. The second-order valence-corrected chi connectivity index (χ2v) is 5.38. The third kappa shape index (κ3) is 1.47. The van der Waals surface area contributed by atoms with Gasteiger partial charge in [0.25, 0.3) is 0 Å². The summed E-state index contributed by atoms with van der Waals surface area (Å²) in [5.41, 5.74) is 1.52. The Bertz CT molecular complexity index is 378. The van der Waals surface area contributed by atoms with Crippen LogP contribution < -0.4 is 4.57 Å². The minimum Gasteiger partial charge on any atom is -0.300 e. The lowest BCUT2D eigenvalue weighted by molar-refractivity contribution is -0.681. The van der Waals surface area contributed by atoms with Gasteiger partial charge in [0.2, 0.25) is 0 Å². The molecule has 0 N–H and O–H groups in total. The highest BCUT2D eigenvalue weighted by Crippen LogP contribution is 2.41. The van der Waals surface area contributed by atoms with Crippen molar-refractivity contribution in [1.82, 2.24) is 4.90 Å². The van der Waals surface area contributed by atoms with Gasteiger partial charge < -0.3 is 0 Å². The molecular formula is C14H21N2+. The second kappa shape index (κ2) is 3.85. The number of hydrogen-bond acceptors (Lipinski definition) is 1. The number of hydrogen-bond donors (Lipinski definition) is 0. The van der Waals surface area contributed by atoms with E-state index in [-0.39, 0.29) is 0 Å². The van der Waals surface area contributed by atoms with Crippen LogP contribution in [0.5, 0.6) is 0 Å². The van der Waals surface area contributed by atoms with Gasteiger partial charge in [0.15, 0.2) is 11.9 Å². The third-order valence-corrected chi connectivity index (χ3v) is 4.61. The summed E-state index contributed by atoms with van der Waals surface area (Å²) in [7, 11) is 2.18. The maximum absolute atomic E-state index is 2.66. The molecule has 2 heteroatoms. The molecule has 0 aliphatic carbocycles. The Morgan fingerprint density at radius 2 is 2.00 bits per heavy atom. The molecule has 2 bridgehead atoms. The third-order valence-electron chi connectivity index (χ3n) is 4.61. The van der Waals surface area contributed by atoms with Gasteiger partial charge in [-0.15, -0.1) is 0 Å². The van der Waals surface area contributed by atoms with Gasteiger partial charge in [-0.2, -0.15) is 0 Å². The predicted octanol–water partition coefficient (Wildman–Crippen LogP) is 1.71. The zero-order valence-electron chi connectivity index (χ0n) is 10.3. The van der Waals surface area contributed by atoms with E-state index in [0.29, 0.717) is 0 Å². The molecule has 0 aromatic carbocycles. The topological polar surface area (TPSA) is 7.12 Å². The molecule has 0 amide bonds. The van der Waals surface area contributed by atoms with Crippen molar-refractivity contribution in [2.24, 2.45) is 13.0 Å². The molecule has 2 nitrogen and oxygen atoms in total. The van der Waals surface area contributed by atoms with Crippen LogP contribution in [0.25, 0.3) is 0 Å². The smallest absolute Gasteiger partial charge is 0.186 e. The Kier molecular flexibility index (Phi) is 2.47. The van der Waals surface area contributed by atoms with Crippen LogP contribution in [0, 0.1) is 5.92 Å². The molecule has 0 radical (unpaired) electrons. The number of fused-ring (bicyclic) bond motifs is 3. The minimum absolute atomic E-state index is 0.723. The summed E-state index contributed by atoms with van der Waals surface area (Å²) >= 11 is 0. The summed E-state index contributed by atoms with van der Waals surface area (Å²) in [5.74, 6) is 1.65. The number of rotatable bonds is 1. The Morgan fingerprint density at radius 1 is 1.25 bits per heavy atom. The zero-order valence-corrected chi connectivity index (χ0v) is 10.3. The Balaban J connectivity index is 1.97. The highest BCUT2D eigenvalue weighted by atomic mass is 15.2. The Labute approximate surface area is 97.9 Å². The van der Waals surface area contributed by atoms with Crippen LogP contribution in [-0.4, -0.2) is 24.0 Å². The summed E-state index contributed by atoms with van der Waals surface area (Å²) in [6.45, 7) is 5.04. The van der Waals surface area contributed by atoms with Crippen molar-refractivity contribution in [2.75, 3.05) is 13.1 Å². The summed E-state index contributed by atoms with van der Waals surface area (Å²) < 4.78 is 2.31. The number of aryl methyl sites for hydroxylation is 1. The van der Waals surface area contributed by atoms with E-state index in [4.69, 9.17) is 0 Å². The average molecular weight is 217 g/mol. The van der Waals surface area contributed by atoms with E-state index in [0.717, 1.165) is 17.9 Å². The molecule has 3 aliphatic heterocycles. The largest absolute Gasteiger partial charge is 0.300 e. The number of piperidine rings is 3. The molecular weight excluding hydrogens is 196 g/mol. The first-order valence-corrected chi connectivity index (χ1v) is 6.46. The van der Waals surface area contributed by atoms with Crippen LogP contribution in [0.4, 0.5) is 0 Å². The standard InChI is InChI=1S/C14H21N2/c1-11-14(12-6-9-16(11)10-7-12)13-5-3-4-8-15(13)2/h3-5,8,11-12,14H,6-7,9-10H2,1-2H3/q+1. The predicted molar refractivity (Wildman–Crippen MR) is 64.1 cm³/mol. The highest BCUT2D eigenvalue weighted by molar-refractivity contribution is 5.12. The highest BCUT2D eigenvalue weighted by Gasteiger charge is 2.43. The average Bonchev–Trinajstić information content (AvgIpc) is 2.32. The molecule has 4 rings (SSSR count). The lowest BCUT2D eigenvalue weighted by Crippen LogP contribution is -2.54. The molecule has 1 aromatic heterocycles. The van der Waals surface area contributed by atoms with Gasteiger partial charge in [0, 0.05) is 18.2 Å². The van der Waals surface area contributed by atoms with Crippen LogP contribution in [0.1, 0.15) is 31.4 Å². The first-order valence-electron chi connectivity index (χ1n) is 6.46. The fourth-order valence-electron chi connectivity index (χ4n) is 3.68. The molecule has 3 saturated heterocycles. The van der Waals surface area contributed by atoms with Crippen molar-refractivity contribution >= 4 is 0 Å². The molecule has 1 aromatic rings. The fraction of sp³-hybridized carbons (Fsp3) is 0.643. The molecule has 0 spiro atoms. The summed E-state index contributed by atoms with van der Waals surface area (Å²) in [4.78, 5) is 2.66. The van der Waals surface area contributed by atoms with Crippen LogP contribution in [0.3, 0.4) is 0 Å². The van der Waals surface area contributed by atoms with Crippen molar-refractivity contribution in [2.45, 2.75) is 31.7 Å².